The summed E-state index contributed by atoms with van der Waals surface area (Å²) in [6, 6.07) is 8.65. The van der Waals surface area contributed by atoms with Crippen LogP contribution in [0.1, 0.15) is 31.2 Å². The molecule has 0 radical (unpaired) electrons. The van der Waals surface area contributed by atoms with Crippen molar-refractivity contribution in [3.8, 4) is 5.75 Å². The molecule has 2 unspecified atom stereocenters. The SMILES string of the molecule is CCNC(C1=CCCO1)C1CCOc2ccccc21. The molecule has 0 aliphatic carbocycles. The normalized spacial score (nSPS) is 23.0. The summed E-state index contributed by atoms with van der Waals surface area (Å²) in [5, 5.41) is 3.59. The molecule has 0 saturated heterocycles. The van der Waals surface area contributed by atoms with E-state index >= 15 is 0 Å². The summed E-state index contributed by atoms with van der Waals surface area (Å²) < 4.78 is 11.6. The van der Waals surface area contributed by atoms with Crippen molar-refractivity contribution in [3.05, 3.63) is 41.7 Å². The van der Waals surface area contributed by atoms with Crippen LogP contribution in [-0.4, -0.2) is 25.8 Å². The molecule has 2 heterocycles. The number of hydrogen-bond donors (Lipinski definition) is 1. The minimum absolute atomic E-state index is 0.276. The van der Waals surface area contributed by atoms with Crippen molar-refractivity contribution in [1.29, 1.82) is 0 Å². The summed E-state index contributed by atoms with van der Waals surface area (Å²) in [5.41, 5.74) is 1.30. The third kappa shape index (κ3) is 2.47. The van der Waals surface area contributed by atoms with E-state index in [-0.39, 0.29) is 6.04 Å². The van der Waals surface area contributed by atoms with E-state index in [0.717, 1.165) is 44.1 Å². The summed E-state index contributed by atoms with van der Waals surface area (Å²) in [6.07, 6.45) is 4.29. The Kier molecular flexibility index (Phi) is 3.74. The molecule has 0 bridgehead atoms. The summed E-state index contributed by atoms with van der Waals surface area (Å²) in [6.45, 7) is 4.71. The van der Waals surface area contributed by atoms with Crippen molar-refractivity contribution < 1.29 is 9.47 Å². The highest BCUT2D eigenvalue weighted by molar-refractivity contribution is 5.40. The maximum absolute atomic E-state index is 5.79. The van der Waals surface area contributed by atoms with E-state index in [9.17, 15) is 0 Å². The molecule has 0 aromatic heterocycles. The van der Waals surface area contributed by atoms with Gasteiger partial charge in [0.25, 0.3) is 0 Å². The zero-order valence-corrected chi connectivity index (χ0v) is 11.4. The van der Waals surface area contributed by atoms with Gasteiger partial charge in [0.1, 0.15) is 11.5 Å². The van der Waals surface area contributed by atoms with Gasteiger partial charge in [-0.1, -0.05) is 25.1 Å². The van der Waals surface area contributed by atoms with Crippen LogP contribution < -0.4 is 10.1 Å². The monoisotopic (exact) mass is 259 g/mol. The van der Waals surface area contributed by atoms with Crippen LogP contribution in [0.2, 0.25) is 0 Å². The maximum Gasteiger partial charge on any atom is 0.122 e. The number of ether oxygens (including phenoxy) is 2. The maximum atomic E-state index is 5.79. The Balaban J connectivity index is 1.91. The van der Waals surface area contributed by atoms with E-state index in [1.165, 1.54) is 5.56 Å². The standard InChI is InChI=1S/C16H21NO2/c1-2-17-16(15-8-5-10-18-15)13-9-11-19-14-7-4-3-6-12(13)14/h3-4,6-8,13,16-17H,2,5,9-11H2,1H3. The first-order valence-corrected chi connectivity index (χ1v) is 7.18. The molecule has 2 atom stereocenters. The van der Waals surface area contributed by atoms with Crippen molar-refractivity contribution in [3.63, 3.8) is 0 Å². The van der Waals surface area contributed by atoms with E-state index in [4.69, 9.17) is 9.47 Å². The van der Waals surface area contributed by atoms with Crippen LogP contribution in [0.3, 0.4) is 0 Å². The van der Waals surface area contributed by atoms with Crippen molar-refractivity contribution in [2.45, 2.75) is 31.7 Å². The van der Waals surface area contributed by atoms with E-state index in [2.05, 4.69) is 36.5 Å². The molecule has 0 amide bonds. The summed E-state index contributed by atoms with van der Waals surface area (Å²) >= 11 is 0. The number of para-hydroxylation sites is 1. The zero-order valence-electron chi connectivity index (χ0n) is 11.4. The van der Waals surface area contributed by atoms with Gasteiger partial charge in [0.05, 0.1) is 19.3 Å². The van der Waals surface area contributed by atoms with Gasteiger partial charge in [0, 0.05) is 12.3 Å². The van der Waals surface area contributed by atoms with Gasteiger partial charge in [-0.15, -0.1) is 0 Å². The predicted octanol–water partition coefficient (Wildman–Crippen LogP) is 2.84. The second kappa shape index (κ2) is 5.66. The second-order valence-corrected chi connectivity index (χ2v) is 5.06. The van der Waals surface area contributed by atoms with Crippen molar-refractivity contribution >= 4 is 0 Å². The fourth-order valence-electron chi connectivity index (χ4n) is 3.03. The summed E-state index contributed by atoms with van der Waals surface area (Å²) in [7, 11) is 0. The van der Waals surface area contributed by atoms with E-state index in [1.807, 2.05) is 6.07 Å². The van der Waals surface area contributed by atoms with Crippen LogP contribution in [0, 0.1) is 0 Å². The first-order chi connectivity index (χ1) is 9.40. The Hall–Kier alpha value is -1.48. The van der Waals surface area contributed by atoms with Crippen molar-refractivity contribution in [1.82, 2.24) is 5.32 Å². The van der Waals surface area contributed by atoms with Gasteiger partial charge in [-0.2, -0.15) is 0 Å². The number of likely N-dealkylation sites (N-methyl/N-ethyl adjacent to an activating group) is 1. The van der Waals surface area contributed by atoms with Crippen molar-refractivity contribution in [2.75, 3.05) is 19.8 Å². The molecule has 0 saturated carbocycles. The molecule has 1 aromatic rings. The second-order valence-electron chi connectivity index (χ2n) is 5.06. The lowest BCUT2D eigenvalue weighted by atomic mass is 9.85. The minimum Gasteiger partial charge on any atom is -0.496 e. The molecule has 2 aliphatic rings. The topological polar surface area (TPSA) is 30.5 Å². The first-order valence-electron chi connectivity index (χ1n) is 7.18. The van der Waals surface area contributed by atoms with Crippen LogP contribution in [-0.2, 0) is 4.74 Å². The molecule has 0 spiro atoms. The zero-order chi connectivity index (χ0) is 13.1. The Morgan fingerprint density at radius 3 is 2.95 bits per heavy atom. The fourth-order valence-corrected chi connectivity index (χ4v) is 3.03. The molecule has 3 rings (SSSR count). The average molecular weight is 259 g/mol. The lowest BCUT2D eigenvalue weighted by Crippen LogP contribution is -2.39. The molecule has 19 heavy (non-hydrogen) atoms. The molecular formula is C16H21NO2. The molecule has 2 aliphatic heterocycles. The Morgan fingerprint density at radius 1 is 1.26 bits per heavy atom. The van der Waals surface area contributed by atoms with E-state index in [1.54, 1.807) is 0 Å². The van der Waals surface area contributed by atoms with Crippen LogP contribution in [0.4, 0.5) is 0 Å². The van der Waals surface area contributed by atoms with Gasteiger partial charge >= 0.3 is 0 Å². The molecule has 1 N–H and O–H groups in total. The van der Waals surface area contributed by atoms with Gasteiger partial charge in [-0.3, -0.25) is 0 Å². The molecule has 3 heteroatoms. The van der Waals surface area contributed by atoms with E-state index in [0.29, 0.717) is 5.92 Å². The van der Waals surface area contributed by atoms with Gasteiger partial charge in [0.2, 0.25) is 0 Å². The van der Waals surface area contributed by atoms with Crippen molar-refractivity contribution in [2.24, 2.45) is 0 Å². The first kappa shape index (κ1) is 12.5. The lowest BCUT2D eigenvalue weighted by Gasteiger charge is -2.33. The number of hydrogen-bond acceptors (Lipinski definition) is 3. The predicted molar refractivity (Wildman–Crippen MR) is 75.4 cm³/mol. The highest BCUT2D eigenvalue weighted by Crippen LogP contribution is 2.38. The highest BCUT2D eigenvalue weighted by Gasteiger charge is 2.32. The fraction of sp³-hybridized carbons (Fsp3) is 0.500. The number of nitrogens with one attached hydrogen (secondary N) is 1. The van der Waals surface area contributed by atoms with Gasteiger partial charge in [-0.25, -0.2) is 0 Å². The molecule has 102 valence electrons. The number of fused-ring (bicyclic) bond motifs is 1. The number of benzene rings is 1. The molecule has 0 fully saturated rings. The van der Waals surface area contributed by atoms with Crippen LogP contribution in [0.5, 0.6) is 5.75 Å². The van der Waals surface area contributed by atoms with Gasteiger partial charge in [0.15, 0.2) is 0 Å². The van der Waals surface area contributed by atoms with Crippen LogP contribution in [0.25, 0.3) is 0 Å². The Labute approximate surface area is 114 Å². The quantitative estimate of drug-likeness (QED) is 0.902. The highest BCUT2D eigenvalue weighted by atomic mass is 16.5. The van der Waals surface area contributed by atoms with Gasteiger partial charge in [-0.05, 0) is 30.7 Å². The lowest BCUT2D eigenvalue weighted by molar-refractivity contribution is 0.188. The smallest absolute Gasteiger partial charge is 0.122 e. The van der Waals surface area contributed by atoms with Crippen LogP contribution in [0.15, 0.2) is 36.1 Å². The third-order valence-corrected chi connectivity index (χ3v) is 3.87. The molecular weight excluding hydrogens is 238 g/mol. The minimum atomic E-state index is 0.276. The Bertz CT molecular complexity index is 470. The van der Waals surface area contributed by atoms with Gasteiger partial charge < -0.3 is 14.8 Å². The third-order valence-electron chi connectivity index (χ3n) is 3.87. The Morgan fingerprint density at radius 2 is 2.16 bits per heavy atom. The molecule has 3 nitrogen and oxygen atoms in total. The largest absolute Gasteiger partial charge is 0.496 e. The summed E-state index contributed by atoms with van der Waals surface area (Å²) in [5.74, 6) is 2.58. The average Bonchev–Trinajstić information content (AvgIpc) is 2.98. The molecule has 1 aromatic carbocycles. The van der Waals surface area contributed by atoms with E-state index < -0.39 is 0 Å². The van der Waals surface area contributed by atoms with Crippen LogP contribution >= 0.6 is 0 Å². The number of rotatable bonds is 4. The summed E-state index contributed by atoms with van der Waals surface area (Å²) in [4.78, 5) is 0.